The Labute approximate surface area is 277 Å². The molecule has 0 heterocycles. The fraction of sp³-hybridized carbons (Fsp3) is 0.176. The Hall–Kier alpha value is -5.02. The maximum absolute atomic E-state index is 13.3. The van der Waals surface area contributed by atoms with Crippen LogP contribution in [0, 0.1) is 24.7 Å². The minimum absolute atomic E-state index is 0.0227. The van der Waals surface area contributed by atoms with Crippen LogP contribution >= 0.6 is 0 Å². The molecule has 2 aliphatic carbocycles. The van der Waals surface area contributed by atoms with Gasteiger partial charge in [-0.2, -0.15) is 27.0 Å². The van der Waals surface area contributed by atoms with Crippen LogP contribution in [0.4, 0.5) is 0 Å². The van der Waals surface area contributed by atoms with Gasteiger partial charge in [0.2, 0.25) is 0 Å². The van der Waals surface area contributed by atoms with Gasteiger partial charge in [0.05, 0.1) is 22.8 Å². The number of benzene rings is 4. The fourth-order valence-corrected chi connectivity index (χ4v) is 9.58. The quantitative estimate of drug-likeness (QED) is 0.0999. The Morgan fingerprint density at radius 2 is 0.958 bits per heavy atom. The molecule has 2 atom stereocenters. The van der Waals surface area contributed by atoms with Crippen molar-refractivity contribution < 1.29 is 25.9 Å². The lowest BCUT2D eigenvalue weighted by Gasteiger charge is -2.38. The van der Waals surface area contributed by atoms with Crippen LogP contribution in [-0.4, -0.2) is 48.8 Å². The number of rotatable bonds is 5. The van der Waals surface area contributed by atoms with E-state index in [1.807, 2.05) is 0 Å². The number of nitrogens with zero attached hydrogens (tertiary/aromatic N) is 2. The van der Waals surface area contributed by atoms with Crippen molar-refractivity contribution in [3.05, 3.63) is 129 Å². The van der Waals surface area contributed by atoms with Gasteiger partial charge in [-0.15, -0.1) is 0 Å². The van der Waals surface area contributed by atoms with Gasteiger partial charge >= 0.3 is 0 Å². The number of nitrogens with two attached hydrogens (primary N) is 2. The van der Waals surface area contributed by atoms with Crippen LogP contribution < -0.4 is 11.7 Å². The summed E-state index contributed by atoms with van der Waals surface area (Å²) < 4.78 is 70.8. The molecule has 2 aliphatic rings. The van der Waals surface area contributed by atoms with Crippen LogP contribution in [0.15, 0.2) is 95.1 Å². The van der Waals surface area contributed by atoms with E-state index in [-0.39, 0.29) is 69.1 Å². The molecule has 246 valence electrons. The number of aryl methyl sites for hydroxylation is 2. The summed E-state index contributed by atoms with van der Waals surface area (Å²) in [5.74, 6) is 11.2. The number of hydrogen-bond acceptors (Lipinski definition) is 10. The molecule has 4 aromatic carbocycles. The fourth-order valence-electron chi connectivity index (χ4n) is 7.18. The molecule has 0 aliphatic heterocycles. The van der Waals surface area contributed by atoms with E-state index in [0.29, 0.717) is 22.3 Å². The first-order valence-electron chi connectivity index (χ1n) is 14.7. The van der Waals surface area contributed by atoms with Gasteiger partial charge in [0.1, 0.15) is 0 Å². The second-order valence-electron chi connectivity index (χ2n) is 12.0. The van der Waals surface area contributed by atoms with Crippen molar-refractivity contribution in [2.75, 3.05) is 0 Å². The minimum Gasteiger partial charge on any atom is -0.323 e. The second-order valence-corrected chi connectivity index (χ2v) is 15.3. The van der Waals surface area contributed by atoms with Gasteiger partial charge in [0.15, 0.2) is 9.49 Å². The van der Waals surface area contributed by atoms with E-state index in [1.165, 1.54) is 0 Å². The second kappa shape index (κ2) is 11.3. The third-order valence-electron chi connectivity index (χ3n) is 9.54. The number of fused-ring (bicyclic) bond motifs is 2. The molecule has 48 heavy (non-hydrogen) atoms. The lowest BCUT2D eigenvalue weighted by atomic mass is 9.75. The van der Waals surface area contributed by atoms with Crippen LogP contribution in [0.3, 0.4) is 0 Å². The Morgan fingerprint density at radius 3 is 1.27 bits per heavy atom. The normalized spacial score (nSPS) is 22.8. The lowest BCUT2D eigenvalue weighted by molar-refractivity contribution is 0.445. The van der Waals surface area contributed by atoms with Crippen molar-refractivity contribution in [3.8, 4) is 11.1 Å². The third kappa shape index (κ3) is 4.63. The van der Waals surface area contributed by atoms with Crippen molar-refractivity contribution in [3.63, 3.8) is 0 Å². The molecule has 0 spiro atoms. The van der Waals surface area contributed by atoms with E-state index < -0.39 is 29.7 Å². The van der Waals surface area contributed by atoms with Gasteiger partial charge in [0, 0.05) is 24.0 Å². The summed E-state index contributed by atoms with van der Waals surface area (Å²) in [5.41, 5.74) is 4.23. The predicted molar refractivity (Wildman–Crippen MR) is 185 cm³/mol. The van der Waals surface area contributed by atoms with E-state index >= 15 is 0 Å². The molecular weight excluding hydrogens is 653 g/mol. The maximum Gasteiger partial charge on any atom is 0.279 e. The van der Waals surface area contributed by atoms with E-state index in [2.05, 4.69) is 10.2 Å². The maximum atomic E-state index is 13.3. The first kappa shape index (κ1) is 32.9. The molecule has 0 bridgehead atoms. The van der Waals surface area contributed by atoms with E-state index in [1.54, 1.807) is 98.8 Å². The van der Waals surface area contributed by atoms with Gasteiger partial charge in [0.25, 0.3) is 20.2 Å². The zero-order valence-electron chi connectivity index (χ0n) is 25.9. The summed E-state index contributed by atoms with van der Waals surface area (Å²) in [6.45, 7) is 3.57. The van der Waals surface area contributed by atoms with Gasteiger partial charge in [-0.05, 0) is 58.4 Å². The highest BCUT2D eigenvalue weighted by Gasteiger charge is 2.53. The molecule has 0 fully saturated rings. The first-order valence-corrected chi connectivity index (χ1v) is 17.6. The summed E-state index contributed by atoms with van der Waals surface area (Å²) in [5, 5.41) is 24.4. The average Bonchev–Trinajstić information content (AvgIpc) is 3.04. The highest BCUT2D eigenvalue weighted by molar-refractivity contribution is 7.87. The number of nitrogens with one attached hydrogen (secondary N) is 2. The minimum atomic E-state index is -4.84. The summed E-state index contributed by atoms with van der Waals surface area (Å²) in [7, 11) is -9.69. The van der Waals surface area contributed by atoms with Gasteiger partial charge in [-0.1, -0.05) is 84.9 Å². The monoisotopic (exact) mass is 684 g/mol. The van der Waals surface area contributed by atoms with Gasteiger partial charge in [-0.3, -0.25) is 19.9 Å². The van der Waals surface area contributed by atoms with Crippen LogP contribution in [-0.2, 0) is 29.7 Å². The molecule has 0 amide bonds. The Morgan fingerprint density at radius 1 is 0.604 bits per heavy atom. The molecule has 2 unspecified atom stereocenters. The molecular formula is C34H32N6O6S2. The average molecular weight is 685 g/mol. The lowest BCUT2D eigenvalue weighted by Crippen LogP contribution is -2.45. The van der Waals surface area contributed by atoms with Crippen molar-refractivity contribution in [2.45, 2.75) is 36.2 Å². The largest absolute Gasteiger partial charge is 0.323 e. The summed E-state index contributed by atoms with van der Waals surface area (Å²) in [4.78, 5) is 0. The SMILES string of the molecule is Cc1cc(C2(S(=O)(=O)O)C/C(=N/N)C(=N)c3ccccc32)ccc1-c1ccc(C2(S(=O)(=O)O)C/C(=N\N)C(=N)c3ccccc32)cc1C. The molecule has 0 radical (unpaired) electrons. The predicted octanol–water partition coefficient (Wildman–Crippen LogP) is 4.41. The standard InChI is InChI=1S/C34H32N6O6S2/c1-19-15-21(33(47(41,42)43)17-29(39-37)31(35)25-7-3-5-9-27(25)33)11-13-23(19)24-14-12-22(16-20(24)2)34(48(44,45)46)18-30(40-38)32(36)26-8-4-6-10-28(26)34/h3-16,35-36H,17-18,37-38H2,1-2H3,(H,41,42,43)(H,44,45,46)/b35-31?,36-32?,39-29-,40-30+. The van der Waals surface area contributed by atoms with E-state index in [0.717, 1.165) is 0 Å². The first-order chi connectivity index (χ1) is 22.6. The summed E-state index contributed by atoms with van der Waals surface area (Å²) in [6.07, 6.45) is -0.703. The highest BCUT2D eigenvalue weighted by Crippen LogP contribution is 2.48. The van der Waals surface area contributed by atoms with Crippen LogP contribution in [0.2, 0.25) is 0 Å². The summed E-state index contributed by atoms with van der Waals surface area (Å²) in [6, 6.07) is 22.8. The van der Waals surface area contributed by atoms with E-state index in [4.69, 9.17) is 22.5 Å². The highest BCUT2D eigenvalue weighted by atomic mass is 32.2. The van der Waals surface area contributed by atoms with Gasteiger partial charge < -0.3 is 11.7 Å². The molecule has 12 nitrogen and oxygen atoms in total. The summed E-state index contributed by atoms with van der Waals surface area (Å²) >= 11 is 0. The Balaban J connectivity index is 1.51. The topological polar surface area (TPSA) is 233 Å². The Bertz CT molecular complexity index is 2190. The van der Waals surface area contributed by atoms with Crippen molar-refractivity contribution in [1.82, 2.24) is 0 Å². The van der Waals surface area contributed by atoms with Crippen molar-refractivity contribution in [2.24, 2.45) is 21.9 Å². The van der Waals surface area contributed by atoms with Gasteiger partial charge in [-0.25, -0.2) is 0 Å². The zero-order chi connectivity index (χ0) is 34.8. The van der Waals surface area contributed by atoms with Crippen LogP contribution in [0.1, 0.15) is 57.3 Å². The zero-order valence-corrected chi connectivity index (χ0v) is 27.5. The molecule has 8 N–H and O–H groups in total. The Kier molecular flexibility index (Phi) is 7.75. The smallest absolute Gasteiger partial charge is 0.279 e. The molecule has 0 saturated heterocycles. The molecule has 6 rings (SSSR count). The molecule has 14 heteroatoms. The van der Waals surface area contributed by atoms with E-state index in [9.17, 15) is 25.9 Å². The van der Waals surface area contributed by atoms with Crippen molar-refractivity contribution in [1.29, 1.82) is 10.8 Å². The molecule has 0 saturated carbocycles. The van der Waals surface area contributed by atoms with Crippen molar-refractivity contribution >= 4 is 43.1 Å². The molecule has 0 aromatic heterocycles. The van der Waals surface area contributed by atoms with Crippen LogP contribution in [0.5, 0.6) is 0 Å². The number of hydrazone groups is 2. The molecule has 4 aromatic rings. The third-order valence-corrected chi connectivity index (χ3v) is 12.5. The van der Waals surface area contributed by atoms with Crippen LogP contribution in [0.25, 0.3) is 11.1 Å². The number of hydrogen-bond donors (Lipinski definition) is 6.